The summed E-state index contributed by atoms with van der Waals surface area (Å²) in [4.78, 5) is 0. The lowest BCUT2D eigenvalue weighted by Crippen LogP contribution is -1.77. The highest BCUT2D eigenvalue weighted by molar-refractivity contribution is 5.06. The van der Waals surface area contributed by atoms with E-state index in [2.05, 4.69) is 0 Å². The van der Waals surface area contributed by atoms with E-state index >= 15 is 0 Å². The van der Waals surface area contributed by atoms with Crippen molar-refractivity contribution in [3.8, 4) is 0 Å². The summed E-state index contributed by atoms with van der Waals surface area (Å²) >= 11 is 0. The first kappa shape index (κ1) is 6.20. The largest absolute Gasteiger partial charge is 0.516 e. The lowest BCUT2D eigenvalue weighted by atomic mass is 10.2. The SMILES string of the molecule is OC=CCC1=COCC1. The highest BCUT2D eigenvalue weighted by Gasteiger charge is 2.01. The lowest BCUT2D eigenvalue weighted by molar-refractivity contribution is 0.281. The Bertz CT molecular complexity index is 136. The summed E-state index contributed by atoms with van der Waals surface area (Å²) in [5.74, 6) is 0. The van der Waals surface area contributed by atoms with E-state index in [0.717, 1.165) is 25.7 Å². The Balaban J connectivity index is 2.26. The van der Waals surface area contributed by atoms with Crippen molar-refractivity contribution in [1.29, 1.82) is 0 Å². The van der Waals surface area contributed by atoms with Crippen molar-refractivity contribution in [2.45, 2.75) is 12.8 Å². The van der Waals surface area contributed by atoms with Gasteiger partial charge in [0, 0.05) is 6.42 Å². The molecule has 0 bridgehead atoms. The van der Waals surface area contributed by atoms with Crippen LogP contribution in [0.3, 0.4) is 0 Å². The summed E-state index contributed by atoms with van der Waals surface area (Å²) in [5.41, 5.74) is 1.25. The molecule has 0 amide bonds. The first-order chi connectivity index (χ1) is 4.43. The van der Waals surface area contributed by atoms with Gasteiger partial charge in [-0.05, 0) is 18.1 Å². The van der Waals surface area contributed by atoms with Crippen molar-refractivity contribution in [3.63, 3.8) is 0 Å². The molecule has 1 N–H and O–H groups in total. The monoisotopic (exact) mass is 126 g/mol. The Hall–Kier alpha value is -0.920. The molecule has 0 fully saturated rings. The molecule has 0 spiro atoms. The molecule has 0 saturated carbocycles. The number of allylic oxidation sites excluding steroid dienone is 1. The molecule has 2 heteroatoms. The molecule has 0 unspecified atom stereocenters. The molecule has 1 aliphatic rings. The number of hydrogen-bond donors (Lipinski definition) is 1. The number of rotatable bonds is 2. The fourth-order valence-electron chi connectivity index (χ4n) is 0.780. The fraction of sp³-hybridized carbons (Fsp3) is 0.429. The van der Waals surface area contributed by atoms with Crippen LogP contribution in [0.5, 0.6) is 0 Å². The van der Waals surface area contributed by atoms with Gasteiger partial charge in [-0.25, -0.2) is 0 Å². The van der Waals surface area contributed by atoms with Gasteiger partial charge in [-0.3, -0.25) is 0 Å². The van der Waals surface area contributed by atoms with Crippen molar-refractivity contribution in [2.24, 2.45) is 0 Å². The van der Waals surface area contributed by atoms with Gasteiger partial charge in [0.15, 0.2) is 0 Å². The third kappa shape index (κ3) is 1.80. The van der Waals surface area contributed by atoms with Crippen LogP contribution in [0, 0.1) is 0 Å². The van der Waals surface area contributed by atoms with E-state index in [9.17, 15) is 0 Å². The van der Waals surface area contributed by atoms with E-state index in [0.29, 0.717) is 0 Å². The minimum atomic E-state index is 0.800. The standard InChI is InChI=1S/C7H10O2/c8-4-1-2-7-3-5-9-6-7/h1,4,6,8H,2-3,5H2. The van der Waals surface area contributed by atoms with Gasteiger partial charge in [-0.15, -0.1) is 0 Å². The van der Waals surface area contributed by atoms with E-state index in [4.69, 9.17) is 9.84 Å². The van der Waals surface area contributed by atoms with Crippen LogP contribution in [0.2, 0.25) is 0 Å². The molecule has 0 radical (unpaired) electrons. The molecule has 0 aromatic carbocycles. The molecule has 50 valence electrons. The summed E-state index contributed by atoms with van der Waals surface area (Å²) in [6, 6.07) is 0. The molecular formula is C7H10O2. The summed E-state index contributed by atoms with van der Waals surface area (Å²) in [5, 5.41) is 8.28. The van der Waals surface area contributed by atoms with Gasteiger partial charge in [-0.1, -0.05) is 0 Å². The number of hydrogen-bond acceptors (Lipinski definition) is 2. The highest BCUT2D eigenvalue weighted by Crippen LogP contribution is 2.13. The van der Waals surface area contributed by atoms with Crippen LogP contribution in [-0.4, -0.2) is 11.7 Å². The van der Waals surface area contributed by atoms with Gasteiger partial charge in [-0.2, -0.15) is 0 Å². The van der Waals surface area contributed by atoms with E-state index in [1.165, 1.54) is 5.57 Å². The topological polar surface area (TPSA) is 29.5 Å². The Morgan fingerprint density at radius 1 is 1.78 bits per heavy atom. The minimum absolute atomic E-state index is 0.800. The number of aliphatic hydroxyl groups is 1. The van der Waals surface area contributed by atoms with Gasteiger partial charge in [0.25, 0.3) is 0 Å². The third-order valence-corrected chi connectivity index (χ3v) is 1.28. The maximum Gasteiger partial charge on any atom is 0.0911 e. The highest BCUT2D eigenvalue weighted by atomic mass is 16.5. The van der Waals surface area contributed by atoms with E-state index < -0.39 is 0 Å². The van der Waals surface area contributed by atoms with Crippen molar-refractivity contribution in [3.05, 3.63) is 24.2 Å². The maximum atomic E-state index is 8.28. The van der Waals surface area contributed by atoms with Crippen LogP contribution in [0.4, 0.5) is 0 Å². The van der Waals surface area contributed by atoms with Gasteiger partial charge < -0.3 is 9.84 Å². The van der Waals surface area contributed by atoms with Crippen LogP contribution in [0.15, 0.2) is 24.2 Å². The summed E-state index contributed by atoms with van der Waals surface area (Å²) in [6.07, 6.45) is 6.36. The van der Waals surface area contributed by atoms with Crippen molar-refractivity contribution in [1.82, 2.24) is 0 Å². The van der Waals surface area contributed by atoms with Gasteiger partial charge in [0.05, 0.1) is 19.1 Å². The predicted octanol–water partition coefficient (Wildman–Crippen LogP) is 1.75. The number of aliphatic hydroxyl groups excluding tert-OH is 1. The average molecular weight is 126 g/mol. The average Bonchev–Trinajstić information content (AvgIpc) is 2.34. The van der Waals surface area contributed by atoms with E-state index in [1.807, 2.05) is 0 Å². The van der Waals surface area contributed by atoms with E-state index in [1.54, 1.807) is 12.3 Å². The second-order valence-electron chi connectivity index (χ2n) is 1.99. The quantitative estimate of drug-likeness (QED) is 0.571. The first-order valence-corrected chi connectivity index (χ1v) is 3.02. The summed E-state index contributed by atoms with van der Waals surface area (Å²) in [7, 11) is 0. The van der Waals surface area contributed by atoms with Crippen LogP contribution < -0.4 is 0 Å². The van der Waals surface area contributed by atoms with Crippen LogP contribution >= 0.6 is 0 Å². The van der Waals surface area contributed by atoms with Gasteiger partial charge in [0.2, 0.25) is 0 Å². The van der Waals surface area contributed by atoms with Crippen molar-refractivity contribution in [2.75, 3.05) is 6.61 Å². The summed E-state index contributed by atoms with van der Waals surface area (Å²) < 4.78 is 4.98. The van der Waals surface area contributed by atoms with Crippen LogP contribution in [0.25, 0.3) is 0 Å². The maximum absolute atomic E-state index is 8.28. The molecule has 1 heterocycles. The second-order valence-corrected chi connectivity index (χ2v) is 1.99. The molecule has 2 nitrogen and oxygen atoms in total. The van der Waals surface area contributed by atoms with Crippen molar-refractivity contribution < 1.29 is 9.84 Å². The fourth-order valence-corrected chi connectivity index (χ4v) is 0.780. The molecule has 0 saturated heterocycles. The lowest BCUT2D eigenvalue weighted by Gasteiger charge is -1.87. The smallest absolute Gasteiger partial charge is 0.0911 e. The molecule has 0 atom stereocenters. The molecular weight excluding hydrogens is 116 g/mol. The zero-order valence-electron chi connectivity index (χ0n) is 5.21. The zero-order valence-corrected chi connectivity index (χ0v) is 5.21. The number of ether oxygens (including phenoxy) is 1. The van der Waals surface area contributed by atoms with Crippen molar-refractivity contribution >= 4 is 0 Å². The molecule has 0 aromatic rings. The predicted molar refractivity (Wildman–Crippen MR) is 35.0 cm³/mol. The molecule has 1 aliphatic heterocycles. The summed E-state index contributed by atoms with van der Waals surface area (Å²) in [6.45, 7) is 0.800. The van der Waals surface area contributed by atoms with Gasteiger partial charge >= 0.3 is 0 Å². The minimum Gasteiger partial charge on any atom is -0.516 e. The second kappa shape index (κ2) is 3.17. The molecule has 1 rings (SSSR count). The Kier molecular flexibility index (Phi) is 2.19. The van der Waals surface area contributed by atoms with E-state index in [-0.39, 0.29) is 0 Å². The van der Waals surface area contributed by atoms with Crippen LogP contribution in [0.1, 0.15) is 12.8 Å². The Labute approximate surface area is 54.5 Å². The van der Waals surface area contributed by atoms with Crippen LogP contribution in [-0.2, 0) is 4.74 Å². The van der Waals surface area contributed by atoms with Gasteiger partial charge in [0.1, 0.15) is 0 Å². The molecule has 0 aliphatic carbocycles. The molecule has 0 aromatic heterocycles. The first-order valence-electron chi connectivity index (χ1n) is 3.02. The Morgan fingerprint density at radius 2 is 2.67 bits per heavy atom. The zero-order chi connectivity index (χ0) is 6.53. The normalized spacial score (nSPS) is 18.0. The Morgan fingerprint density at radius 3 is 3.22 bits per heavy atom. The third-order valence-electron chi connectivity index (χ3n) is 1.28. The molecule has 9 heavy (non-hydrogen) atoms.